The number of ether oxygens (including phenoxy) is 4. The molecule has 430 valence electrons. The van der Waals surface area contributed by atoms with E-state index in [1.807, 2.05) is 0 Å². The minimum atomic E-state index is -2.76. The van der Waals surface area contributed by atoms with Crippen LogP contribution in [0, 0.1) is 116 Å². The molecule has 3 aliphatic rings. The van der Waals surface area contributed by atoms with Gasteiger partial charge < -0.3 is 18.9 Å². The van der Waals surface area contributed by atoms with Gasteiger partial charge in [0.15, 0.2) is 104 Å². The van der Waals surface area contributed by atoms with E-state index in [1.54, 1.807) is 0 Å². The second-order valence-corrected chi connectivity index (χ2v) is 17.3. The summed E-state index contributed by atoms with van der Waals surface area (Å²) in [6.45, 7) is 0. The highest BCUT2D eigenvalue weighted by Gasteiger charge is 2.61. The van der Waals surface area contributed by atoms with Crippen LogP contribution in [0.4, 0.5) is 87.8 Å². The molecule has 0 unspecified atom stereocenters. The molecule has 10 nitrogen and oxygen atoms in total. The summed E-state index contributed by atoms with van der Waals surface area (Å²) in [4.78, 5) is 65.7. The Morgan fingerprint density at radius 1 is 0.262 bits per heavy atom. The van der Waals surface area contributed by atoms with Crippen LogP contribution in [-0.2, 0) is 21.0 Å². The molecule has 1 aliphatic carbocycles. The van der Waals surface area contributed by atoms with Crippen LogP contribution in [0.25, 0.3) is 0 Å². The van der Waals surface area contributed by atoms with Gasteiger partial charge >= 0.3 is 23.9 Å². The highest BCUT2D eigenvalue weighted by Crippen LogP contribution is 2.62. The quantitative estimate of drug-likeness (QED) is 0.0326. The highest BCUT2D eigenvalue weighted by atomic mass is 19.2. The molecular formula is C54H14F20O10. The van der Waals surface area contributed by atoms with Crippen LogP contribution >= 0.6 is 0 Å². The largest absolute Gasteiger partial charge is 0.423 e. The first kappa shape index (κ1) is 57.4. The molecule has 30 heteroatoms. The first-order chi connectivity index (χ1) is 39.6. The third-order valence-corrected chi connectivity index (χ3v) is 12.7. The number of carbonyl (C=O) groups excluding carboxylic acids is 4. The molecule has 0 amide bonds. The Balaban J connectivity index is 1.17. The summed E-state index contributed by atoms with van der Waals surface area (Å²) in [7, 11) is 0. The topological polar surface area (TPSA) is 124 Å². The summed E-state index contributed by atoms with van der Waals surface area (Å²) in [6, 6.07) is 12.6. The molecule has 0 fully saturated rings. The summed E-state index contributed by atoms with van der Waals surface area (Å²) >= 11 is 0. The number of benzene rings is 8. The van der Waals surface area contributed by atoms with E-state index in [9.17, 15) is 107 Å². The van der Waals surface area contributed by atoms with Gasteiger partial charge in [0.1, 0.15) is 45.3 Å². The van der Waals surface area contributed by atoms with E-state index >= 15 is 0 Å². The highest BCUT2D eigenvalue weighted by molar-refractivity contribution is 5.94. The molecule has 84 heavy (non-hydrogen) atoms. The van der Waals surface area contributed by atoms with E-state index < -0.39 is 208 Å². The zero-order chi connectivity index (χ0) is 61.1. The van der Waals surface area contributed by atoms with E-state index in [1.165, 1.54) is 24.3 Å². The average Bonchev–Trinajstić information content (AvgIpc) is 0.734. The Hall–Kier alpha value is -9.84. The maximum absolute atomic E-state index is 15.0. The smallest absolute Gasteiger partial charge is 0.349 e. The van der Waals surface area contributed by atoms with Crippen molar-refractivity contribution in [2.75, 3.05) is 0 Å². The lowest BCUT2D eigenvalue weighted by Crippen LogP contribution is -2.53. The zero-order valence-corrected chi connectivity index (χ0v) is 39.7. The fraction of sp³-hybridized carbons (Fsp3) is 0.0370. The average molecular weight is 1200 g/mol. The Morgan fingerprint density at radius 2 is 0.429 bits per heavy atom. The lowest BCUT2D eigenvalue weighted by Gasteiger charge is -2.53. The monoisotopic (exact) mass is 1200 g/mol. The number of halogens is 20. The van der Waals surface area contributed by atoms with Gasteiger partial charge in [-0.2, -0.15) is 0 Å². The number of esters is 4. The fourth-order valence-electron chi connectivity index (χ4n) is 9.06. The van der Waals surface area contributed by atoms with Crippen LogP contribution in [0.15, 0.2) is 84.9 Å². The molecule has 2 bridgehead atoms. The van der Waals surface area contributed by atoms with Crippen LogP contribution < -0.4 is 18.9 Å². The van der Waals surface area contributed by atoms with Gasteiger partial charge in [-0.15, -0.1) is 0 Å². The van der Waals surface area contributed by atoms with Crippen molar-refractivity contribution in [1.82, 2.24) is 0 Å². The molecule has 0 N–H and O–H groups in total. The van der Waals surface area contributed by atoms with Gasteiger partial charge in [0, 0.05) is 45.5 Å². The van der Waals surface area contributed by atoms with Crippen molar-refractivity contribution in [2.24, 2.45) is 0 Å². The van der Waals surface area contributed by atoms with Gasteiger partial charge in [0.25, 0.3) is 0 Å². The molecule has 0 saturated heterocycles. The summed E-state index contributed by atoms with van der Waals surface area (Å²) in [5.74, 6) is -69.0. The number of fused-ring (bicyclic) bond motifs is 1. The van der Waals surface area contributed by atoms with Gasteiger partial charge in [0.2, 0.25) is 23.3 Å². The number of rotatable bonds is 10. The van der Waals surface area contributed by atoms with Crippen LogP contribution in [0.1, 0.15) is 74.8 Å². The van der Waals surface area contributed by atoms with Gasteiger partial charge in [-0.05, 0) is 24.3 Å². The lowest BCUT2D eigenvalue weighted by molar-refractivity contribution is -0.410. The molecule has 8 aromatic carbocycles. The van der Waals surface area contributed by atoms with Crippen molar-refractivity contribution in [1.29, 1.82) is 0 Å². The van der Waals surface area contributed by atoms with E-state index in [2.05, 4.69) is 0 Å². The van der Waals surface area contributed by atoms with Crippen LogP contribution in [-0.4, -0.2) is 23.9 Å². The van der Waals surface area contributed by atoms with Crippen molar-refractivity contribution in [3.63, 3.8) is 0 Å². The Kier molecular flexibility index (Phi) is 14.0. The second kappa shape index (κ2) is 20.5. The van der Waals surface area contributed by atoms with Crippen molar-refractivity contribution < 1.29 is 136 Å². The standard InChI is InChI=1S/C54H14F20O10/c55-29-25(30(56)38(64)45(71)37(29)63)49(75)79-17-9-15(10-18(13-17)80-50(76)26-31(57)39(65)46(72)40(66)32(26)58)53-21-5-1-2-6-22(21)54(84-83-53,24-8-4-3-7-23(24)53)16-11-19(81-51(77)27-33(59)41(67)47(73)42(68)34(27)60)14-20(12-16)82-52(78)28-35(61)43(69)48(74)44(70)36(28)62/h1-14H. The van der Waals surface area contributed by atoms with Gasteiger partial charge in [0.05, 0.1) is 0 Å². The maximum Gasteiger partial charge on any atom is 0.349 e. The zero-order valence-electron chi connectivity index (χ0n) is 39.7. The summed E-state index contributed by atoms with van der Waals surface area (Å²) in [5, 5.41) is 0. The molecule has 2 heterocycles. The SMILES string of the molecule is O=C(Oc1cc(OC(=O)c2c(F)c(F)c(F)c(F)c2F)cc(C23OOC(c4cc(OC(=O)c5c(F)c(F)c(F)c(F)c5F)cc(OC(=O)c5c(F)c(F)c(F)c(F)c5F)c4)(c4ccccc42)c2ccccc23)c1)c1c(F)c(F)c(F)c(F)c1F. The number of hydrogen-bond donors (Lipinski definition) is 0. The first-order valence-electron chi connectivity index (χ1n) is 22.4. The first-order valence-corrected chi connectivity index (χ1v) is 22.4. The Morgan fingerprint density at radius 3 is 0.607 bits per heavy atom. The predicted octanol–water partition coefficient (Wildman–Crippen LogP) is 13.2. The second-order valence-electron chi connectivity index (χ2n) is 17.3. The molecule has 8 aromatic rings. The molecule has 11 rings (SSSR count). The summed E-state index contributed by atoms with van der Waals surface area (Å²) in [6.07, 6.45) is 0. The van der Waals surface area contributed by atoms with Crippen LogP contribution in [0.3, 0.4) is 0 Å². The van der Waals surface area contributed by atoms with Crippen molar-refractivity contribution in [2.45, 2.75) is 11.2 Å². The van der Waals surface area contributed by atoms with E-state index in [0.717, 1.165) is 24.3 Å². The van der Waals surface area contributed by atoms with E-state index in [-0.39, 0.29) is 22.3 Å². The molecule has 0 spiro atoms. The van der Waals surface area contributed by atoms with Gasteiger partial charge in [-0.3, -0.25) is 0 Å². The van der Waals surface area contributed by atoms with Crippen LogP contribution in [0.2, 0.25) is 0 Å². The molecule has 0 saturated carbocycles. The minimum Gasteiger partial charge on any atom is -0.423 e. The van der Waals surface area contributed by atoms with E-state index in [0.29, 0.717) is 36.4 Å². The van der Waals surface area contributed by atoms with E-state index in [4.69, 9.17) is 28.7 Å². The summed E-state index contributed by atoms with van der Waals surface area (Å²) < 4.78 is 310. The predicted molar refractivity (Wildman–Crippen MR) is 232 cm³/mol. The molecule has 2 aliphatic heterocycles. The molecule has 0 radical (unpaired) electrons. The van der Waals surface area contributed by atoms with Gasteiger partial charge in [-0.25, -0.2) is 117 Å². The summed E-state index contributed by atoms with van der Waals surface area (Å²) in [5.41, 5.74) is -16.8. The third-order valence-electron chi connectivity index (χ3n) is 12.7. The Labute approximate surface area is 450 Å². The fourth-order valence-corrected chi connectivity index (χ4v) is 9.06. The molecular weight excluding hydrogens is 1190 g/mol. The molecule has 0 atom stereocenters. The Bertz CT molecular complexity index is 3650. The van der Waals surface area contributed by atoms with Crippen molar-refractivity contribution in [3.8, 4) is 23.0 Å². The van der Waals surface area contributed by atoms with Crippen molar-refractivity contribution in [3.05, 3.63) is 257 Å². The van der Waals surface area contributed by atoms with Crippen molar-refractivity contribution >= 4 is 23.9 Å². The lowest BCUT2D eigenvalue weighted by atomic mass is 9.62. The normalized spacial score (nSPS) is 15.8. The maximum atomic E-state index is 15.0. The third kappa shape index (κ3) is 8.51. The van der Waals surface area contributed by atoms with Crippen LogP contribution in [0.5, 0.6) is 23.0 Å². The minimum absolute atomic E-state index is 0.306. The van der Waals surface area contributed by atoms with Gasteiger partial charge in [-0.1, -0.05) is 48.5 Å². The number of hydrogen-bond acceptors (Lipinski definition) is 10. The molecule has 0 aromatic heterocycles. The number of carbonyl (C=O) groups is 4.